The Labute approximate surface area is 167 Å². The average Bonchev–Trinajstić information content (AvgIpc) is 3.54. The molecule has 0 aliphatic heterocycles. The molecule has 2 aromatic rings. The molecule has 0 radical (unpaired) electrons. The number of nitrogen functional groups attached to an aromatic ring is 1. The molecule has 0 bridgehead atoms. The van der Waals surface area contributed by atoms with Crippen LogP contribution in [0.25, 0.3) is 11.1 Å². The number of pyridine rings is 1. The standard InChI is InChI=1S/C20H19N5O2S/c1-24-17(26)11-28-20-16(9-22)18(15(8-21)19(23)25-20)13-4-6-14(7-5-13)27-10-12-2-3-12/h4-7,12H,2-3,10-11H2,1H3,(H2,23,25)(H,24,26). The third-order valence-electron chi connectivity index (χ3n) is 4.36. The normalized spacial score (nSPS) is 12.7. The summed E-state index contributed by atoms with van der Waals surface area (Å²) < 4.78 is 5.74. The van der Waals surface area contributed by atoms with E-state index < -0.39 is 0 Å². The lowest BCUT2D eigenvalue weighted by atomic mass is 9.97. The van der Waals surface area contributed by atoms with E-state index in [4.69, 9.17) is 10.5 Å². The molecule has 142 valence electrons. The molecule has 3 rings (SSSR count). The second-order valence-electron chi connectivity index (χ2n) is 6.39. The molecule has 1 aliphatic rings. The Balaban J connectivity index is 1.97. The molecule has 0 atom stereocenters. The van der Waals surface area contributed by atoms with E-state index in [1.807, 2.05) is 18.2 Å². The fourth-order valence-electron chi connectivity index (χ4n) is 2.61. The number of thioether (sulfide) groups is 1. The molecular formula is C20H19N5O2S. The molecule has 1 saturated carbocycles. The van der Waals surface area contributed by atoms with E-state index in [0.29, 0.717) is 28.7 Å². The first-order valence-electron chi connectivity index (χ1n) is 8.77. The first kappa shape index (κ1) is 19.5. The van der Waals surface area contributed by atoms with Crippen LogP contribution in [0.1, 0.15) is 24.0 Å². The van der Waals surface area contributed by atoms with Crippen LogP contribution in [0.3, 0.4) is 0 Å². The summed E-state index contributed by atoms with van der Waals surface area (Å²) in [5, 5.41) is 22.1. The SMILES string of the molecule is CNC(=O)CSc1nc(N)c(C#N)c(-c2ccc(OCC3CC3)cc2)c1C#N. The number of aromatic nitrogens is 1. The van der Waals surface area contributed by atoms with E-state index in [9.17, 15) is 15.3 Å². The Morgan fingerprint density at radius 3 is 2.54 bits per heavy atom. The van der Waals surface area contributed by atoms with Crippen molar-refractivity contribution in [2.75, 3.05) is 25.1 Å². The van der Waals surface area contributed by atoms with Crippen molar-refractivity contribution in [2.45, 2.75) is 17.9 Å². The van der Waals surface area contributed by atoms with Crippen molar-refractivity contribution in [1.29, 1.82) is 10.5 Å². The minimum absolute atomic E-state index is 0.0324. The summed E-state index contributed by atoms with van der Waals surface area (Å²) in [7, 11) is 1.53. The van der Waals surface area contributed by atoms with Gasteiger partial charge in [-0.1, -0.05) is 23.9 Å². The van der Waals surface area contributed by atoms with Gasteiger partial charge in [-0.15, -0.1) is 0 Å². The highest BCUT2D eigenvalue weighted by molar-refractivity contribution is 8.00. The Morgan fingerprint density at radius 2 is 1.96 bits per heavy atom. The molecule has 1 heterocycles. The number of carbonyl (C=O) groups excluding carboxylic acids is 1. The van der Waals surface area contributed by atoms with Gasteiger partial charge >= 0.3 is 0 Å². The summed E-state index contributed by atoms with van der Waals surface area (Å²) >= 11 is 1.11. The minimum Gasteiger partial charge on any atom is -0.493 e. The molecule has 1 aromatic carbocycles. The number of rotatable bonds is 7. The second kappa shape index (κ2) is 8.64. The summed E-state index contributed by atoms with van der Waals surface area (Å²) in [5.74, 6) is 1.32. The van der Waals surface area contributed by atoms with Crippen LogP contribution in [0, 0.1) is 28.6 Å². The Hall–Kier alpha value is -3.23. The Bertz CT molecular complexity index is 972. The predicted molar refractivity (Wildman–Crippen MR) is 107 cm³/mol. The van der Waals surface area contributed by atoms with Crippen LogP contribution in [0.15, 0.2) is 29.3 Å². The first-order valence-corrected chi connectivity index (χ1v) is 9.76. The van der Waals surface area contributed by atoms with Crippen molar-refractivity contribution in [3.05, 3.63) is 35.4 Å². The molecule has 3 N–H and O–H groups in total. The summed E-state index contributed by atoms with van der Waals surface area (Å²) in [6, 6.07) is 11.4. The number of nitrogens with one attached hydrogen (secondary N) is 1. The van der Waals surface area contributed by atoms with E-state index in [-0.39, 0.29) is 28.6 Å². The van der Waals surface area contributed by atoms with Gasteiger partial charge < -0.3 is 15.8 Å². The summed E-state index contributed by atoms with van der Waals surface area (Å²) in [5.41, 5.74) is 7.43. The maximum Gasteiger partial charge on any atom is 0.230 e. The number of nitrogens with zero attached hydrogens (tertiary/aromatic N) is 3. The molecule has 1 aliphatic carbocycles. The molecule has 1 amide bonds. The highest BCUT2D eigenvalue weighted by atomic mass is 32.2. The number of hydrogen-bond acceptors (Lipinski definition) is 7. The van der Waals surface area contributed by atoms with E-state index in [0.717, 1.165) is 17.5 Å². The molecule has 28 heavy (non-hydrogen) atoms. The van der Waals surface area contributed by atoms with Gasteiger partial charge in [-0.05, 0) is 36.5 Å². The van der Waals surface area contributed by atoms with Crippen LogP contribution in [0.2, 0.25) is 0 Å². The van der Waals surface area contributed by atoms with Crippen molar-refractivity contribution in [3.8, 4) is 29.0 Å². The van der Waals surface area contributed by atoms with Gasteiger partial charge in [-0.2, -0.15) is 10.5 Å². The van der Waals surface area contributed by atoms with Crippen LogP contribution in [-0.2, 0) is 4.79 Å². The Morgan fingerprint density at radius 1 is 1.29 bits per heavy atom. The van der Waals surface area contributed by atoms with E-state index in [2.05, 4.69) is 16.4 Å². The zero-order chi connectivity index (χ0) is 20.1. The van der Waals surface area contributed by atoms with Gasteiger partial charge in [0.25, 0.3) is 0 Å². The van der Waals surface area contributed by atoms with E-state index in [1.54, 1.807) is 12.1 Å². The van der Waals surface area contributed by atoms with Gasteiger partial charge in [0.2, 0.25) is 5.91 Å². The smallest absolute Gasteiger partial charge is 0.230 e. The number of nitrogens with two attached hydrogens (primary N) is 1. The van der Waals surface area contributed by atoms with Crippen molar-refractivity contribution < 1.29 is 9.53 Å². The van der Waals surface area contributed by atoms with Crippen molar-refractivity contribution >= 4 is 23.5 Å². The quantitative estimate of drug-likeness (QED) is 0.693. The van der Waals surface area contributed by atoms with E-state index in [1.165, 1.54) is 19.9 Å². The predicted octanol–water partition coefficient (Wildman–Crippen LogP) is 2.70. The van der Waals surface area contributed by atoms with Crippen molar-refractivity contribution in [2.24, 2.45) is 5.92 Å². The fourth-order valence-corrected chi connectivity index (χ4v) is 3.48. The zero-order valence-corrected chi connectivity index (χ0v) is 16.2. The molecular weight excluding hydrogens is 374 g/mol. The zero-order valence-electron chi connectivity index (χ0n) is 15.4. The molecule has 0 unspecified atom stereocenters. The number of ether oxygens (including phenoxy) is 1. The molecule has 8 heteroatoms. The second-order valence-corrected chi connectivity index (χ2v) is 7.36. The highest BCUT2D eigenvalue weighted by Crippen LogP contribution is 2.36. The molecule has 0 spiro atoms. The largest absolute Gasteiger partial charge is 0.493 e. The highest BCUT2D eigenvalue weighted by Gasteiger charge is 2.23. The minimum atomic E-state index is -0.197. The van der Waals surface area contributed by atoms with Gasteiger partial charge in [0, 0.05) is 12.6 Å². The molecule has 7 nitrogen and oxygen atoms in total. The maximum atomic E-state index is 11.6. The van der Waals surface area contributed by atoms with Crippen LogP contribution in [-0.4, -0.2) is 30.3 Å². The first-order chi connectivity index (χ1) is 13.6. The average molecular weight is 393 g/mol. The van der Waals surface area contributed by atoms with Gasteiger partial charge in [-0.3, -0.25) is 4.79 Å². The maximum absolute atomic E-state index is 11.6. The van der Waals surface area contributed by atoms with Gasteiger partial charge in [0.1, 0.15) is 34.3 Å². The lowest BCUT2D eigenvalue weighted by Gasteiger charge is -2.13. The van der Waals surface area contributed by atoms with Crippen LogP contribution < -0.4 is 15.8 Å². The third-order valence-corrected chi connectivity index (χ3v) is 5.34. The summed E-state index contributed by atoms with van der Waals surface area (Å²) in [6.45, 7) is 0.703. The summed E-state index contributed by atoms with van der Waals surface area (Å²) in [6.07, 6.45) is 2.42. The molecule has 1 aromatic heterocycles. The topological polar surface area (TPSA) is 125 Å². The van der Waals surface area contributed by atoms with E-state index >= 15 is 0 Å². The van der Waals surface area contributed by atoms with Crippen LogP contribution in [0.5, 0.6) is 5.75 Å². The summed E-state index contributed by atoms with van der Waals surface area (Å²) in [4.78, 5) is 15.7. The molecule has 1 fully saturated rings. The number of amides is 1. The van der Waals surface area contributed by atoms with Crippen molar-refractivity contribution in [3.63, 3.8) is 0 Å². The van der Waals surface area contributed by atoms with Gasteiger partial charge in [0.15, 0.2) is 0 Å². The number of anilines is 1. The van der Waals surface area contributed by atoms with Crippen molar-refractivity contribution in [1.82, 2.24) is 10.3 Å². The van der Waals surface area contributed by atoms with Gasteiger partial charge in [-0.25, -0.2) is 4.98 Å². The van der Waals surface area contributed by atoms with Crippen LogP contribution in [0.4, 0.5) is 5.82 Å². The molecule has 0 saturated heterocycles. The third kappa shape index (κ3) is 4.36. The lowest BCUT2D eigenvalue weighted by molar-refractivity contribution is -0.118. The number of hydrogen-bond donors (Lipinski definition) is 2. The number of carbonyl (C=O) groups is 1. The lowest BCUT2D eigenvalue weighted by Crippen LogP contribution is -2.20. The van der Waals surface area contributed by atoms with Gasteiger partial charge in [0.05, 0.1) is 17.9 Å². The number of benzene rings is 1. The monoisotopic (exact) mass is 393 g/mol. The van der Waals surface area contributed by atoms with Crippen LogP contribution >= 0.6 is 11.8 Å². The fraction of sp³-hybridized carbons (Fsp3) is 0.300. The Kier molecular flexibility index (Phi) is 6.03. The number of nitriles is 2.